The van der Waals surface area contributed by atoms with Gasteiger partial charge < -0.3 is 9.90 Å². The second-order valence-electron chi connectivity index (χ2n) is 4.25. The normalized spacial score (nSPS) is 15.8. The van der Waals surface area contributed by atoms with Crippen molar-refractivity contribution in [2.75, 3.05) is 0 Å². The SMILES string of the molecule is C[C@H](C(C(=O)[O-])c1ccc(C(F)(F)F)cc1)C(F)(F)F. The van der Waals surface area contributed by atoms with Gasteiger partial charge in [0.2, 0.25) is 0 Å². The Morgan fingerprint density at radius 2 is 1.50 bits per heavy atom. The third-order valence-electron chi connectivity index (χ3n) is 2.87. The van der Waals surface area contributed by atoms with Crippen molar-refractivity contribution in [3.63, 3.8) is 0 Å². The lowest BCUT2D eigenvalue weighted by Crippen LogP contribution is -2.38. The third-order valence-corrected chi connectivity index (χ3v) is 2.87. The van der Waals surface area contributed by atoms with E-state index >= 15 is 0 Å². The van der Waals surface area contributed by atoms with E-state index in [0.29, 0.717) is 31.2 Å². The zero-order valence-electron chi connectivity index (χ0n) is 10.0. The number of carbonyl (C=O) groups excluding carboxylic acids is 1. The quantitative estimate of drug-likeness (QED) is 0.805. The van der Waals surface area contributed by atoms with Gasteiger partial charge in [0.05, 0.1) is 11.5 Å². The maximum Gasteiger partial charge on any atom is 0.416 e. The Hall–Kier alpha value is -1.73. The van der Waals surface area contributed by atoms with Crippen molar-refractivity contribution in [3.05, 3.63) is 35.4 Å². The topological polar surface area (TPSA) is 40.1 Å². The molecule has 0 aliphatic carbocycles. The van der Waals surface area contributed by atoms with Gasteiger partial charge in [-0.3, -0.25) is 0 Å². The van der Waals surface area contributed by atoms with E-state index in [-0.39, 0.29) is 5.56 Å². The van der Waals surface area contributed by atoms with Crippen LogP contribution >= 0.6 is 0 Å². The molecular formula is C12H9F6O2-. The van der Waals surface area contributed by atoms with Crippen LogP contribution in [0.3, 0.4) is 0 Å². The number of benzene rings is 1. The van der Waals surface area contributed by atoms with E-state index in [9.17, 15) is 36.2 Å². The first-order valence-corrected chi connectivity index (χ1v) is 5.39. The predicted octanol–water partition coefficient (Wildman–Crippen LogP) is 2.74. The summed E-state index contributed by atoms with van der Waals surface area (Å²) in [5, 5.41) is 10.8. The monoisotopic (exact) mass is 299 g/mol. The van der Waals surface area contributed by atoms with Gasteiger partial charge in [-0.1, -0.05) is 19.1 Å². The minimum absolute atomic E-state index is 0.386. The summed E-state index contributed by atoms with van der Waals surface area (Å²) in [6.07, 6.45) is -9.45. The lowest BCUT2D eigenvalue weighted by molar-refractivity contribution is -0.313. The molecule has 1 aromatic carbocycles. The molecule has 20 heavy (non-hydrogen) atoms. The van der Waals surface area contributed by atoms with Crippen LogP contribution in [0.15, 0.2) is 24.3 Å². The number of carboxylic acids is 1. The van der Waals surface area contributed by atoms with E-state index in [2.05, 4.69) is 0 Å². The molecule has 0 amide bonds. The number of carboxylic acid groups (broad SMARTS) is 1. The van der Waals surface area contributed by atoms with Gasteiger partial charge in [-0.2, -0.15) is 26.3 Å². The fraction of sp³-hybridized carbons (Fsp3) is 0.417. The Labute approximate surface area is 110 Å². The largest absolute Gasteiger partial charge is 0.549 e. The number of carbonyl (C=O) groups is 1. The second-order valence-corrected chi connectivity index (χ2v) is 4.25. The van der Waals surface area contributed by atoms with Crippen LogP contribution in [-0.4, -0.2) is 12.1 Å². The summed E-state index contributed by atoms with van der Waals surface area (Å²) in [5.74, 6) is -6.32. The molecule has 2 nitrogen and oxygen atoms in total. The number of hydrogen-bond donors (Lipinski definition) is 0. The lowest BCUT2D eigenvalue weighted by Gasteiger charge is -2.27. The summed E-state index contributed by atoms with van der Waals surface area (Å²) in [6, 6.07) is 2.50. The highest BCUT2D eigenvalue weighted by molar-refractivity contribution is 5.74. The number of hydrogen-bond acceptors (Lipinski definition) is 2. The van der Waals surface area contributed by atoms with Crippen LogP contribution in [-0.2, 0) is 11.0 Å². The predicted molar refractivity (Wildman–Crippen MR) is 54.4 cm³/mol. The van der Waals surface area contributed by atoms with Crippen LogP contribution in [0.1, 0.15) is 24.0 Å². The molecule has 1 rings (SSSR count). The Bertz CT molecular complexity index is 474. The number of aliphatic carboxylic acids is 1. The fourth-order valence-electron chi connectivity index (χ4n) is 1.70. The molecule has 0 N–H and O–H groups in total. The molecule has 1 aromatic rings. The van der Waals surface area contributed by atoms with Crippen LogP contribution in [0.2, 0.25) is 0 Å². The molecule has 1 unspecified atom stereocenters. The molecule has 2 atom stereocenters. The minimum atomic E-state index is -4.80. The van der Waals surface area contributed by atoms with Crippen LogP contribution in [0.4, 0.5) is 26.3 Å². The first kappa shape index (κ1) is 16.3. The number of rotatable bonds is 3. The molecular weight excluding hydrogens is 290 g/mol. The van der Waals surface area contributed by atoms with Crippen molar-refractivity contribution in [3.8, 4) is 0 Å². The van der Waals surface area contributed by atoms with Crippen LogP contribution < -0.4 is 5.11 Å². The van der Waals surface area contributed by atoms with Crippen LogP contribution in [0.5, 0.6) is 0 Å². The van der Waals surface area contributed by atoms with E-state index in [0.717, 1.165) is 0 Å². The molecule has 0 radical (unpaired) electrons. The van der Waals surface area contributed by atoms with Gasteiger partial charge in [-0.05, 0) is 17.7 Å². The molecule has 0 aliphatic heterocycles. The average Bonchev–Trinajstić information content (AvgIpc) is 2.26. The molecule has 0 spiro atoms. The smallest absolute Gasteiger partial charge is 0.416 e. The number of alkyl halides is 6. The first-order valence-electron chi connectivity index (χ1n) is 5.39. The van der Waals surface area contributed by atoms with Crippen molar-refractivity contribution in [1.29, 1.82) is 0 Å². The Kier molecular flexibility index (Phi) is 4.36. The molecule has 0 aliphatic rings. The first-order chi connectivity index (χ1) is 8.94. The summed E-state index contributed by atoms with van der Waals surface area (Å²) in [5.41, 5.74) is -1.46. The molecule has 0 saturated heterocycles. The van der Waals surface area contributed by atoms with Crippen molar-refractivity contribution in [2.45, 2.75) is 25.2 Å². The summed E-state index contributed by atoms with van der Waals surface area (Å²) in [7, 11) is 0. The Morgan fingerprint density at radius 3 is 1.80 bits per heavy atom. The summed E-state index contributed by atoms with van der Waals surface area (Å²) < 4.78 is 74.6. The highest BCUT2D eigenvalue weighted by atomic mass is 19.4. The molecule has 0 saturated carbocycles. The Balaban J connectivity index is 3.15. The van der Waals surface area contributed by atoms with E-state index in [1.165, 1.54) is 0 Å². The molecule has 0 fully saturated rings. The highest BCUT2D eigenvalue weighted by Gasteiger charge is 2.42. The molecule has 112 valence electrons. The zero-order chi connectivity index (χ0) is 15.7. The molecule has 0 aromatic heterocycles. The zero-order valence-corrected chi connectivity index (χ0v) is 10.0. The van der Waals surface area contributed by atoms with Gasteiger partial charge in [0, 0.05) is 11.9 Å². The molecule has 0 heterocycles. The highest BCUT2D eigenvalue weighted by Crippen LogP contribution is 2.38. The second kappa shape index (κ2) is 5.34. The van der Waals surface area contributed by atoms with Gasteiger partial charge in [0.15, 0.2) is 0 Å². The fourth-order valence-corrected chi connectivity index (χ4v) is 1.70. The number of halogens is 6. The molecule has 8 heteroatoms. The third kappa shape index (κ3) is 3.64. The van der Waals surface area contributed by atoms with E-state index in [1.807, 2.05) is 0 Å². The van der Waals surface area contributed by atoms with Crippen LogP contribution in [0.25, 0.3) is 0 Å². The van der Waals surface area contributed by atoms with E-state index < -0.39 is 35.7 Å². The van der Waals surface area contributed by atoms with Crippen molar-refractivity contribution < 1.29 is 36.2 Å². The lowest BCUT2D eigenvalue weighted by atomic mass is 9.86. The van der Waals surface area contributed by atoms with Gasteiger partial charge in [-0.25, -0.2) is 0 Å². The summed E-state index contributed by atoms with van der Waals surface area (Å²) in [6.45, 7) is 0.637. The standard InChI is InChI=1S/C12H10F6O2/c1-6(11(13,14)15)9(10(19)20)7-2-4-8(5-3-7)12(16,17)18/h2-6,9H,1H3,(H,19,20)/p-1/t6-,9?/m1/s1. The minimum Gasteiger partial charge on any atom is -0.549 e. The summed E-state index contributed by atoms with van der Waals surface area (Å²) >= 11 is 0. The maximum absolute atomic E-state index is 12.5. The average molecular weight is 299 g/mol. The van der Waals surface area contributed by atoms with Gasteiger partial charge in [0.1, 0.15) is 0 Å². The van der Waals surface area contributed by atoms with E-state index in [4.69, 9.17) is 0 Å². The maximum atomic E-state index is 12.5. The van der Waals surface area contributed by atoms with Gasteiger partial charge in [-0.15, -0.1) is 0 Å². The van der Waals surface area contributed by atoms with Crippen LogP contribution in [0, 0.1) is 5.92 Å². The van der Waals surface area contributed by atoms with Gasteiger partial charge >= 0.3 is 12.4 Å². The Morgan fingerprint density at radius 1 is 1.05 bits per heavy atom. The summed E-state index contributed by atoms with van der Waals surface area (Å²) in [4.78, 5) is 10.8. The molecule has 0 bridgehead atoms. The van der Waals surface area contributed by atoms with Crippen molar-refractivity contribution >= 4 is 5.97 Å². The van der Waals surface area contributed by atoms with Gasteiger partial charge in [0.25, 0.3) is 0 Å². The van der Waals surface area contributed by atoms with Crippen molar-refractivity contribution in [2.24, 2.45) is 5.92 Å². The van der Waals surface area contributed by atoms with Crippen molar-refractivity contribution in [1.82, 2.24) is 0 Å². The van der Waals surface area contributed by atoms with E-state index in [1.54, 1.807) is 0 Å².